The highest BCUT2D eigenvalue weighted by atomic mass is 32.2. The molecule has 6 nitrogen and oxygen atoms in total. The first-order valence-electron chi connectivity index (χ1n) is 9.13. The maximum absolute atomic E-state index is 12.5. The van der Waals surface area contributed by atoms with Gasteiger partial charge in [-0.3, -0.25) is 9.10 Å². The first kappa shape index (κ1) is 21.8. The van der Waals surface area contributed by atoms with Gasteiger partial charge < -0.3 is 10.1 Å². The predicted molar refractivity (Wildman–Crippen MR) is 112 cm³/mol. The van der Waals surface area contributed by atoms with Crippen molar-refractivity contribution < 1.29 is 17.9 Å². The lowest BCUT2D eigenvalue weighted by Crippen LogP contribution is -2.48. The molecule has 2 aromatic carbocycles. The molecule has 7 heteroatoms. The molecule has 1 amide bonds. The van der Waals surface area contributed by atoms with Gasteiger partial charge in [0, 0.05) is 0 Å². The predicted octanol–water partition coefficient (Wildman–Crippen LogP) is 2.96. The molecule has 0 saturated heterocycles. The van der Waals surface area contributed by atoms with Crippen molar-refractivity contribution in [3.8, 4) is 5.75 Å². The second kappa shape index (κ2) is 9.10. The van der Waals surface area contributed by atoms with Gasteiger partial charge in [-0.2, -0.15) is 0 Å². The number of nitrogens with one attached hydrogen (secondary N) is 1. The van der Waals surface area contributed by atoms with E-state index in [-0.39, 0.29) is 12.5 Å². The molecule has 2 aromatic rings. The van der Waals surface area contributed by atoms with E-state index in [1.54, 1.807) is 25.1 Å². The number of hydrogen-bond donors (Lipinski definition) is 1. The summed E-state index contributed by atoms with van der Waals surface area (Å²) in [4.78, 5) is 12.5. The average Bonchev–Trinajstić information content (AvgIpc) is 2.56. The summed E-state index contributed by atoms with van der Waals surface area (Å²) in [5, 5.41) is 2.75. The van der Waals surface area contributed by atoms with Crippen molar-refractivity contribution in [2.75, 3.05) is 23.7 Å². The Kier molecular flexibility index (Phi) is 7.07. The van der Waals surface area contributed by atoms with E-state index in [1.807, 2.05) is 39.0 Å². The Morgan fingerprint density at radius 2 is 1.71 bits per heavy atom. The van der Waals surface area contributed by atoms with Crippen LogP contribution in [0.15, 0.2) is 42.5 Å². The number of carbonyl (C=O) groups is 1. The number of anilines is 1. The van der Waals surface area contributed by atoms with Crippen LogP contribution in [0.2, 0.25) is 0 Å². The average molecular weight is 405 g/mol. The van der Waals surface area contributed by atoms with Gasteiger partial charge in [-0.1, -0.05) is 18.2 Å². The fourth-order valence-electron chi connectivity index (χ4n) is 3.08. The van der Waals surface area contributed by atoms with Crippen LogP contribution < -0.4 is 14.4 Å². The van der Waals surface area contributed by atoms with Gasteiger partial charge in [0.25, 0.3) is 0 Å². The third-order valence-electron chi connectivity index (χ3n) is 4.21. The van der Waals surface area contributed by atoms with E-state index in [9.17, 15) is 13.2 Å². The first-order chi connectivity index (χ1) is 13.1. The molecular formula is C21H28N2O4S. The van der Waals surface area contributed by atoms with Crippen LogP contribution in [0.1, 0.15) is 23.6 Å². The zero-order chi connectivity index (χ0) is 20.9. The van der Waals surface area contributed by atoms with Crippen LogP contribution in [0.5, 0.6) is 5.75 Å². The molecule has 28 heavy (non-hydrogen) atoms. The summed E-state index contributed by atoms with van der Waals surface area (Å²) in [6.45, 7) is 8.01. The highest BCUT2D eigenvalue weighted by molar-refractivity contribution is 7.92. The molecule has 0 heterocycles. The SMILES string of the molecule is Cc1cc(C)cc(OCCNC(=O)C(C)N(c2cccc(C)c2)S(C)(=O)=O)c1. The summed E-state index contributed by atoms with van der Waals surface area (Å²) < 4.78 is 31.4. The van der Waals surface area contributed by atoms with Gasteiger partial charge in [0.05, 0.1) is 18.5 Å². The van der Waals surface area contributed by atoms with Gasteiger partial charge in [-0.15, -0.1) is 0 Å². The topological polar surface area (TPSA) is 75.7 Å². The summed E-state index contributed by atoms with van der Waals surface area (Å²) in [6, 6.07) is 12.1. The second-order valence-electron chi connectivity index (χ2n) is 7.04. The third-order valence-corrected chi connectivity index (χ3v) is 5.45. The number of amides is 1. The minimum absolute atomic E-state index is 0.279. The van der Waals surface area contributed by atoms with Crippen LogP contribution >= 0.6 is 0 Å². The monoisotopic (exact) mass is 404 g/mol. The van der Waals surface area contributed by atoms with Crippen LogP contribution in [0.3, 0.4) is 0 Å². The molecule has 0 bridgehead atoms. The maximum atomic E-state index is 12.5. The van der Waals surface area contributed by atoms with E-state index in [0.717, 1.165) is 33.0 Å². The van der Waals surface area contributed by atoms with Crippen molar-refractivity contribution >= 4 is 21.6 Å². The first-order valence-corrected chi connectivity index (χ1v) is 11.0. The van der Waals surface area contributed by atoms with E-state index in [0.29, 0.717) is 12.3 Å². The molecule has 2 rings (SSSR count). The largest absolute Gasteiger partial charge is 0.492 e. The van der Waals surface area contributed by atoms with Crippen LogP contribution in [-0.2, 0) is 14.8 Å². The molecule has 0 saturated carbocycles. The molecule has 0 fully saturated rings. The zero-order valence-corrected chi connectivity index (χ0v) is 17.8. The molecule has 1 N–H and O–H groups in total. The molecule has 0 aromatic heterocycles. The van der Waals surface area contributed by atoms with E-state index < -0.39 is 16.1 Å². The van der Waals surface area contributed by atoms with Crippen molar-refractivity contribution in [3.05, 3.63) is 59.2 Å². The van der Waals surface area contributed by atoms with Gasteiger partial charge in [0.1, 0.15) is 18.4 Å². The second-order valence-corrected chi connectivity index (χ2v) is 8.90. The van der Waals surface area contributed by atoms with Gasteiger partial charge in [-0.25, -0.2) is 8.42 Å². The summed E-state index contributed by atoms with van der Waals surface area (Å²) >= 11 is 0. The smallest absolute Gasteiger partial charge is 0.243 e. The Morgan fingerprint density at radius 1 is 1.07 bits per heavy atom. The van der Waals surface area contributed by atoms with E-state index >= 15 is 0 Å². The van der Waals surface area contributed by atoms with E-state index in [4.69, 9.17) is 4.74 Å². The maximum Gasteiger partial charge on any atom is 0.243 e. The van der Waals surface area contributed by atoms with Crippen LogP contribution in [-0.4, -0.2) is 39.8 Å². The number of aryl methyl sites for hydroxylation is 3. The lowest BCUT2D eigenvalue weighted by Gasteiger charge is -2.28. The molecule has 0 aliphatic carbocycles. The fourth-order valence-corrected chi connectivity index (χ4v) is 4.25. The fraction of sp³-hybridized carbons (Fsp3) is 0.381. The van der Waals surface area contributed by atoms with Crippen molar-refractivity contribution in [1.82, 2.24) is 5.32 Å². The molecule has 0 aliphatic heterocycles. The lowest BCUT2D eigenvalue weighted by molar-refractivity contribution is -0.121. The van der Waals surface area contributed by atoms with Crippen LogP contribution in [0.25, 0.3) is 0 Å². The lowest BCUT2D eigenvalue weighted by atomic mass is 10.1. The van der Waals surface area contributed by atoms with Gasteiger partial charge >= 0.3 is 0 Å². The van der Waals surface area contributed by atoms with Crippen LogP contribution in [0.4, 0.5) is 5.69 Å². The Hall–Kier alpha value is -2.54. The third kappa shape index (κ3) is 5.99. The molecule has 1 atom stereocenters. The number of sulfonamides is 1. The van der Waals surface area contributed by atoms with Gasteiger partial charge in [0.15, 0.2) is 0 Å². The Bertz CT molecular complexity index is 921. The Balaban J connectivity index is 1.99. The summed E-state index contributed by atoms with van der Waals surface area (Å²) in [5.74, 6) is 0.369. The van der Waals surface area contributed by atoms with Crippen molar-refractivity contribution in [3.63, 3.8) is 0 Å². The number of carbonyl (C=O) groups excluding carboxylic acids is 1. The zero-order valence-electron chi connectivity index (χ0n) is 17.0. The standard InChI is InChI=1S/C21H28N2O4S/c1-15-7-6-8-19(12-15)23(28(5,25)26)18(4)21(24)22-9-10-27-20-13-16(2)11-17(3)14-20/h6-8,11-14,18H,9-10H2,1-5H3,(H,22,24). The summed E-state index contributed by atoms with van der Waals surface area (Å²) in [6.07, 6.45) is 1.10. The molecule has 0 radical (unpaired) electrons. The number of benzene rings is 2. The quantitative estimate of drug-likeness (QED) is 0.687. The Morgan fingerprint density at radius 3 is 2.29 bits per heavy atom. The number of hydrogen-bond acceptors (Lipinski definition) is 4. The van der Waals surface area contributed by atoms with Crippen LogP contribution in [0, 0.1) is 20.8 Å². The number of ether oxygens (including phenoxy) is 1. The molecule has 1 unspecified atom stereocenters. The molecule has 0 aliphatic rings. The number of nitrogens with zero attached hydrogens (tertiary/aromatic N) is 1. The van der Waals surface area contributed by atoms with Crippen molar-refractivity contribution in [2.24, 2.45) is 0 Å². The minimum atomic E-state index is -3.62. The highest BCUT2D eigenvalue weighted by Gasteiger charge is 2.28. The van der Waals surface area contributed by atoms with E-state index in [1.165, 1.54) is 0 Å². The molecular weight excluding hydrogens is 376 g/mol. The molecule has 0 spiro atoms. The highest BCUT2D eigenvalue weighted by Crippen LogP contribution is 2.22. The molecule has 152 valence electrons. The number of rotatable bonds is 8. The van der Waals surface area contributed by atoms with Gasteiger partial charge in [-0.05, 0) is 68.7 Å². The minimum Gasteiger partial charge on any atom is -0.492 e. The van der Waals surface area contributed by atoms with E-state index in [2.05, 4.69) is 11.4 Å². The van der Waals surface area contributed by atoms with Crippen molar-refractivity contribution in [2.45, 2.75) is 33.7 Å². The summed E-state index contributed by atoms with van der Waals surface area (Å²) in [5.41, 5.74) is 3.60. The Labute approximate surface area is 167 Å². The normalized spacial score (nSPS) is 12.3. The van der Waals surface area contributed by atoms with Crippen molar-refractivity contribution in [1.29, 1.82) is 0 Å². The summed E-state index contributed by atoms with van der Waals surface area (Å²) in [7, 11) is -3.62. The van der Waals surface area contributed by atoms with Gasteiger partial charge in [0.2, 0.25) is 15.9 Å².